The topological polar surface area (TPSA) is 74.5 Å². The minimum absolute atomic E-state index is 0.320. The molecule has 0 bridgehead atoms. The molecule has 0 aliphatic carbocycles. The van der Waals surface area contributed by atoms with Crippen LogP contribution in [0.4, 0.5) is 0 Å². The lowest BCUT2D eigenvalue weighted by Crippen LogP contribution is -2.37. The van der Waals surface area contributed by atoms with Crippen LogP contribution in [0.5, 0.6) is 0 Å². The average Bonchev–Trinajstić information content (AvgIpc) is 2.78. The summed E-state index contributed by atoms with van der Waals surface area (Å²) >= 11 is 1.34. The molecule has 1 atom stereocenters. The third-order valence-corrected chi connectivity index (χ3v) is 4.32. The van der Waals surface area contributed by atoms with Crippen molar-refractivity contribution in [3.8, 4) is 0 Å². The van der Waals surface area contributed by atoms with Gasteiger partial charge in [0.2, 0.25) is 0 Å². The molecule has 1 aromatic heterocycles. The van der Waals surface area contributed by atoms with E-state index in [1.807, 2.05) is 5.38 Å². The van der Waals surface area contributed by atoms with Gasteiger partial charge >= 0.3 is 0 Å². The smallest absolute Gasteiger partial charge is 0.294 e. The van der Waals surface area contributed by atoms with Crippen molar-refractivity contribution in [3.63, 3.8) is 0 Å². The molecular weight excluding hydrogens is 262 g/mol. The lowest BCUT2D eigenvalue weighted by molar-refractivity contribution is 0.0953. The summed E-state index contributed by atoms with van der Waals surface area (Å²) in [4.78, 5) is 20.5. The van der Waals surface area contributed by atoms with Crippen molar-refractivity contribution in [2.45, 2.75) is 25.9 Å². The molecule has 0 radical (unpaired) electrons. The number of hydrogen-bond acceptors (Lipinski definition) is 6. The van der Waals surface area contributed by atoms with Gasteiger partial charge in [-0.1, -0.05) is 0 Å². The molecule has 1 fully saturated rings. The fourth-order valence-electron chi connectivity index (χ4n) is 2.41. The van der Waals surface area contributed by atoms with Crippen LogP contribution >= 0.6 is 11.3 Å². The molecule has 2 heterocycles. The summed E-state index contributed by atoms with van der Waals surface area (Å²) < 4.78 is 0. The number of carbonyl (C=O) groups is 1. The monoisotopic (exact) mass is 283 g/mol. The summed E-state index contributed by atoms with van der Waals surface area (Å²) in [5.74, 6) is 4.79. The minimum atomic E-state index is -0.320. The molecule has 0 spiro atoms. The van der Waals surface area contributed by atoms with Crippen molar-refractivity contribution in [2.75, 3.05) is 26.7 Å². The number of rotatable bonds is 3. The second kappa shape index (κ2) is 6.42. The van der Waals surface area contributed by atoms with Crippen molar-refractivity contribution in [1.29, 1.82) is 0 Å². The average molecular weight is 283 g/mol. The van der Waals surface area contributed by atoms with Crippen LogP contribution in [0, 0.1) is 0 Å². The number of nitrogens with two attached hydrogens (primary N) is 1. The zero-order valence-corrected chi connectivity index (χ0v) is 12.2. The van der Waals surface area contributed by atoms with Crippen LogP contribution < -0.4 is 11.3 Å². The molecule has 3 N–H and O–H groups in total. The van der Waals surface area contributed by atoms with Crippen molar-refractivity contribution in [1.82, 2.24) is 20.2 Å². The van der Waals surface area contributed by atoms with E-state index < -0.39 is 0 Å². The third-order valence-electron chi connectivity index (χ3n) is 3.43. The molecule has 0 saturated carbocycles. The Morgan fingerprint density at radius 1 is 1.63 bits per heavy atom. The highest BCUT2D eigenvalue weighted by Crippen LogP contribution is 2.15. The Hall–Kier alpha value is -1.02. The molecule has 2 rings (SSSR count). The second-order valence-corrected chi connectivity index (χ2v) is 5.91. The fourth-order valence-corrected chi connectivity index (χ4v) is 3.12. The van der Waals surface area contributed by atoms with Gasteiger partial charge in [0.1, 0.15) is 0 Å². The number of hydrazine groups is 1. The standard InChI is InChI=1S/C12H21N5OS/c1-9-6-16(2)4-3-5-17(9)7-10-8-19-12(14-10)11(18)15-13/h8-9H,3-7,13H2,1-2H3,(H,15,18). The van der Waals surface area contributed by atoms with Gasteiger partial charge in [-0.2, -0.15) is 0 Å². The Bertz CT molecular complexity index is 436. The molecule has 1 aliphatic heterocycles. The predicted octanol–water partition coefficient (Wildman–Crippen LogP) is 0.273. The molecule has 6 nitrogen and oxygen atoms in total. The number of aromatic nitrogens is 1. The van der Waals surface area contributed by atoms with Crippen molar-refractivity contribution in [2.24, 2.45) is 5.84 Å². The fraction of sp³-hybridized carbons (Fsp3) is 0.667. The molecule has 1 unspecified atom stereocenters. The largest absolute Gasteiger partial charge is 0.305 e. The van der Waals surface area contributed by atoms with Crippen LogP contribution in [0.15, 0.2) is 5.38 Å². The Morgan fingerprint density at radius 3 is 3.16 bits per heavy atom. The van der Waals surface area contributed by atoms with Gasteiger partial charge in [-0.25, -0.2) is 10.8 Å². The lowest BCUT2D eigenvalue weighted by atomic mass is 10.2. The van der Waals surface area contributed by atoms with Crippen LogP contribution in [-0.4, -0.2) is 53.4 Å². The van der Waals surface area contributed by atoms with E-state index in [-0.39, 0.29) is 5.91 Å². The summed E-state index contributed by atoms with van der Waals surface area (Å²) in [6, 6.07) is 0.501. The van der Waals surface area contributed by atoms with Gasteiger partial charge in [-0.3, -0.25) is 15.1 Å². The molecule has 1 aromatic rings. The first-order chi connectivity index (χ1) is 9.10. The molecule has 0 aromatic carbocycles. The maximum atomic E-state index is 11.4. The maximum Gasteiger partial charge on any atom is 0.294 e. The molecule has 106 valence electrons. The van der Waals surface area contributed by atoms with Crippen LogP contribution in [0.1, 0.15) is 28.8 Å². The van der Waals surface area contributed by atoms with Gasteiger partial charge in [0, 0.05) is 31.1 Å². The molecule has 1 saturated heterocycles. The van der Waals surface area contributed by atoms with E-state index in [1.165, 1.54) is 17.8 Å². The van der Waals surface area contributed by atoms with E-state index in [0.717, 1.165) is 31.9 Å². The van der Waals surface area contributed by atoms with E-state index in [1.54, 1.807) is 0 Å². The summed E-state index contributed by atoms with van der Waals surface area (Å²) in [7, 11) is 2.16. The molecule has 1 aliphatic rings. The highest BCUT2D eigenvalue weighted by molar-refractivity contribution is 7.11. The second-order valence-electron chi connectivity index (χ2n) is 5.05. The van der Waals surface area contributed by atoms with Gasteiger partial charge < -0.3 is 4.90 Å². The highest BCUT2D eigenvalue weighted by Gasteiger charge is 2.21. The Kier molecular flexibility index (Phi) is 4.87. The number of amides is 1. The number of hydrogen-bond donors (Lipinski definition) is 2. The SMILES string of the molecule is CC1CN(C)CCCN1Cc1csc(C(=O)NN)n1. The first-order valence-electron chi connectivity index (χ1n) is 6.48. The first kappa shape index (κ1) is 14.4. The zero-order valence-electron chi connectivity index (χ0n) is 11.4. The van der Waals surface area contributed by atoms with Gasteiger partial charge in [0.25, 0.3) is 5.91 Å². The summed E-state index contributed by atoms with van der Waals surface area (Å²) in [6.45, 7) is 6.31. The normalized spacial score (nSPS) is 22.2. The van der Waals surface area contributed by atoms with Gasteiger partial charge in [-0.05, 0) is 26.9 Å². The molecule has 1 amide bonds. The molecule has 19 heavy (non-hydrogen) atoms. The number of nitrogens with one attached hydrogen (secondary N) is 1. The van der Waals surface area contributed by atoms with E-state index in [9.17, 15) is 4.79 Å². The van der Waals surface area contributed by atoms with Crippen LogP contribution in [-0.2, 0) is 6.54 Å². The summed E-state index contributed by atoms with van der Waals surface area (Å²) in [6.07, 6.45) is 1.17. The summed E-state index contributed by atoms with van der Waals surface area (Å²) in [5.41, 5.74) is 3.06. The van der Waals surface area contributed by atoms with Gasteiger partial charge in [-0.15, -0.1) is 11.3 Å². The van der Waals surface area contributed by atoms with Crippen LogP contribution in [0.2, 0.25) is 0 Å². The Labute approximate surface area is 117 Å². The highest BCUT2D eigenvalue weighted by atomic mass is 32.1. The lowest BCUT2D eigenvalue weighted by Gasteiger charge is -2.26. The van der Waals surface area contributed by atoms with E-state index in [0.29, 0.717) is 11.0 Å². The van der Waals surface area contributed by atoms with E-state index in [4.69, 9.17) is 5.84 Å². The van der Waals surface area contributed by atoms with Crippen molar-refractivity contribution >= 4 is 17.2 Å². The van der Waals surface area contributed by atoms with Crippen molar-refractivity contribution < 1.29 is 4.79 Å². The molecule has 7 heteroatoms. The van der Waals surface area contributed by atoms with Gasteiger partial charge in [0.05, 0.1) is 5.69 Å². The minimum Gasteiger partial charge on any atom is -0.305 e. The number of carbonyl (C=O) groups excluding carboxylic acids is 1. The Morgan fingerprint density at radius 2 is 2.42 bits per heavy atom. The van der Waals surface area contributed by atoms with Gasteiger partial charge in [0.15, 0.2) is 5.01 Å². The maximum absolute atomic E-state index is 11.4. The quantitative estimate of drug-likeness (QED) is 0.473. The first-order valence-corrected chi connectivity index (χ1v) is 7.36. The van der Waals surface area contributed by atoms with Crippen LogP contribution in [0.25, 0.3) is 0 Å². The Balaban J connectivity index is 1.99. The number of likely N-dealkylation sites (N-methyl/N-ethyl adjacent to an activating group) is 1. The summed E-state index contributed by atoms with van der Waals surface area (Å²) in [5, 5.41) is 2.36. The number of nitrogen functional groups attached to an aromatic ring is 1. The van der Waals surface area contributed by atoms with Crippen LogP contribution in [0.3, 0.4) is 0 Å². The van der Waals surface area contributed by atoms with E-state index >= 15 is 0 Å². The predicted molar refractivity (Wildman–Crippen MR) is 75.8 cm³/mol. The number of nitrogens with zero attached hydrogens (tertiary/aromatic N) is 3. The number of thiazole rings is 1. The third kappa shape index (κ3) is 3.73. The molecular formula is C12H21N5OS. The van der Waals surface area contributed by atoms with Crippen molar-refractivity contribution in [3.05, 3.63) is 16.1 Å². The van der Waals surface area contributed by atoms with E-state index in [2.05, 4.69) is 34.2 Å². The zero-order chi connectivity index (χ0) is 13.8.